The smallest absolute Gasteiger partial charge is 0.311 e. The summed E-state index contributed by atoms with van der Waals surface area (Å²) in [6, 6.07) is 5.06. The molecule has 1 atom stereocenters. The summed E-state index contributed by atoms with van der Waals surface area (Å²) >= 11 is 0. The van der Waals surface area contributed by atoms with Crippen LogP contribution in [-0.4, -0.2) is 48.2 Å². The standard InChI is InChI=1S/C20H22N2O5/c23-17(14-3-5-16-13(7-14)4-6-18(24)21-16)11-27-20(26)15-8-19(25)22(10-15)9-12-1-2-12/h3,5,7,12,15H,1-2,4,6,8-11H2,(H,21,24)/t15-/m0/s1. The van der Waals surface area contributed by atoms with E-state index in [4.69, 9.17) is 4.74 Å². The number of nitrogens with one attached hydrogen (secondary N) is 1. The lowest BCUT2D eigenvalue weighted by molar-refractivity contribution is -0.147. The molecule has 1 aromatic carbocycles. The fourth-order valence-corrected chi connectivity index (χ4v) is 3.61. The molecule has 1 saturated heterocycles. The SMILES string of the molecule is O=C1CCc2cc(C(=O)COC(=O)[C@H]3CC(=O)N(CC4CC4)C3)ccc2N1. The summed E-state index contributed by atoms with van der Waals surface area (Å²) in [6.45, 7) is 0.783. The van der Waals surface area contributed by atoms with Crippen molar-refractivity contribution in [3.05, 3.63) is 29.3 Å². The van der Waals surface area contributed by atoms with Crippen molar-refractivity contribution >= 4 is 29.3 Å². The highest BCUT2D eigenvalue weighted by Crippen LogP contribution is 2.32. The van der Waals surface area contributed by atoms with E-state index in [-0.39, 0.29) is 30.6 Å². The van der Waals surface area contributed by atoms with Crippen molar-refractivity contribution in [1.29, 1.82) is 0 Å². The number of hydrogen-bond acceptors (Lipinski definition) is 5. The second kappa shape index (κ2) is 7.13. The van der Waals surface area contributed by atoms with E-state index < -0.39 is 11.9 Å². The fourth-order valence-electron chi connectivity index (χ4n) is 3.61. The quantitative estimate of drug-likeness (QED) is 0.606. The molecule has 3 aliphatic rings. The second-order valence-corrected chi connectivity index (χ2v) is 7.59. The van der Waals surface area contributed by atoms with Crippen molar-refractivity contribution in [1.82, 2.24) is 4.90 Å². The molecule has 2 heterocycles. The molecule has 0 spiro atoms. The number of amides is 2. The highest BCUT2D eigenvalue weighted by Gasteiger charge is 2.38. The maximum absolute atomic E-state index is 12.4. The van der Waals surface area contributed by atoms with Crippen LogP contribution in [0.2, 0.25) is 0 Å². The van der Waals surface area contributed by atoms with Crippen LogP contribution < -0.4 is 5.32 Å². The van der Waals surface area contributed by atoms with Gasteiger partial charge in [-0.2, -0.15) is 0 Å². The highest BCUT2D eigenvalue weighted by atomic mass is 16.5. The molecular formula is C20H22N2O5. The maximum atomic E-state index is 12.4. The van der Waals surface area contributed by atoms with E-state index >= 15 is 0 Å². The van der Waals surface area contributed by atoms with Gasteiger partial charge in [0.15, 0.2) is 12.4 Å². The average molecular weight is 370 g/mol. The van der Waals surface area contributed by atoms with Crippen molar-refractivity contribution in [3.63, 3.8) is 0 Å². The van der Waals surface area contributed by atoms with E-state index in [9.17, 15) is 19.2 Å². The monoisotopic (exact) mass is 370 g/mol. The molecule has 7 nitrogen and oxygen atoms in total. The number of carbonyl (C=O) groups is 4. The molecule has 4 rings (SSSR count). The number of fused-ring (bicyclic) bond motifs is 1. The van der Waals surface area contributed by atoms with Gasteiger partial charge in [-0.1, -0.05) is 0 Å². The molecular weight excluding hydrogens is 348 g/mol. The lowest BCUT2D eigenvalue weighted by Crippen LogP contribution is -2.29. The first-order chi connectivity index (χ1) is 13.0. The number of benzene rings is 1. The Bertz CT molecular complexity index is 815. The Labute approximate surface area is 157 Å². The van der Waals surface area contributed by atoms with Crippen LogP contribution >= 0.6 is 0 Å². The van der Waals surface area contributed by atoms with Gasteiger partial charge in [-0.15, -0.1) is 0 Å². The Morgan fingerprint density at radius 3 is 2.78 bits per heavy atom. The maximum Gasteiger partial charge on any atom is 0.311 e. The van der Waals surface area contributed by atoms with Gasteiger partial charge < -0.3 is 15.0 Å². The molecule has 1 N–H and O–H groups in total. The summed E-state index contributed by atoms with van der Waals surface area (Å²) < 4.78 is 5.18. The molecule has 2 aliphatic heterocycles. The van der Waals surface area contributed by atoms with E-state index in [1.54, 1.807) is 23.1 Å². The number of anilines is 1. The van der Waals surface area contributed by atoms with E-state index in [0.29, 0.717) is 30.9 Å². The first kappa shape index (κ1) is 17.7. The van der Waals surface area contributed by atoms with Gasteiger partial charge in [0.1, 0.15) is 0 Å². The summed E-state index contributed by atoms with van der Waals surface area (Å²) in [5, 5.41) is 2.77. The van der Waals surface area contributed by atoms with Gasteiger partial charge in [0.05, 0.1) is 5.92 Å². The number of aryl methyl sites for hydroxylation is 1. The van der Waals surface area contributed by atoms with Crippen LogP contribution in [0, 0.1) is 11.8 Å². The summed E-state index contributed by atoms with van der Waals surface area (Å²) in [6.07, 6.45) is 3.45. The van der Waals surface area contributed by atoms with Crippen molar-refractivity contribution in [2.45, 2.75) is 32.1 Å². The number of ether oxygens (including phenoxy) is 1. The van der Waals surface area contributed by atoms with E-state index in [2.05, 4.69) is 5.32 Å². The molecule has 7 heteroatoms. The van der Waals surface area contributed by atoms with E-state index in [1.807, 2.05) is 0 Å². The number of likely N-dealkylation sites (tertiary alicyclic amines) is 1. The molecule has 1 aromatic rings. The molecule has 0 unspecified atom stereocenters. The third-order valence-corrected chi connectivity index (χ3v) is 5.39. The first-order valence-corrected chi connectivity index (χ1v) is 9.40. The molecule has 0 radical (unpaired) electrons. The summed E-state index contributed by atoms with van der Waals surface area (Å²) in [4.78, 5) is 49.7. The normalized spacial score (nSPS) is 21.6. The van der Waals surface area contributed by atoms with Gasteiger partial charge in [0, 0.05) is 37.2 Å². The number of carbonyl (C=O) groups excluding carboxylic acids is 4. The van der Waals surface area contributed by atoms with Crippen LogP contribution in [0.1, 0.15) is 41.6 Å². The topological polar surface area (TPSA) is 92.8 Å². The molecule has 27 heavy (non-hydrogen) atoms. The lowest BCUT2D eigenvalue weighted by atomic mass is 9.99. The number of hydrogen-bond donors (Lipinski definition) is 1. The zero-order chi connectivity index (χ0) is 19.0. The number of ketones is 1. The summed E-state index contributed by atoms with van der Waals surface area (Å²) in [7, 11) is 0. The molecule has 0 aromatic heterocycles. The van der Waals surface area contributed by atoms with Gasteiger partial charge in [-0.05, 0) is 48.9 Å². The number of Topliss-reactive ketones (excluding diaryl/α,β-unsaturated/α-hetero) is 1. The Balaban J connectivity index is 1.30. The van der Waals surface area contributed by atoms with Crippen molar-refractivity contribution in [2.24, 2.45) is 11.8 Å². The molecule has 2 fully saturated rings. The third kappa shape index (κ3) is 4.02. The number of esters is 1. The largest absolute Gasteiger partial charge is 0.457 e. The Hall–Kier alpha value is -2.70. The van der Waals surface area contributed by atoms with Crippen LogP contribution in [0.4, 0.5) is 5.69 Å². The predicted octanol–water partition coefficient (Wildman–Crippen LogP) is 1.56. The molecule has 1 saturated carbocycles. The zero-order valence-electron chi connectivity index (χ0n) is 15.0. The lowest BCUT2D eigenvalue weighted by Gasteiger charge is -2.17. The molecule has 1 aliphatic carbocycles. The third-order valence-electron chi connectivity index (χ3n) is 5.39. The molecule has 0 bridgehead atoms. The Morgan fingerprint density at radius 1 is 1.19 bits per heavy atom. The van der Waals surface area contributed by atoms with Gasteiger partial charge in [-0.25, -0.2) is 0 Å². The minimum Gasteiger partial charge on any atom is -0.457 e. The highest BCUT2D eigenvalue weighted by molar-refractivity contribution is 6.00. The van der Waals surface area contributed by atoms with E-state index in [1.165, 1.54) is 0 Å². The number of nitrogens with zero attached hydrogens (tertiary/aromatic N) is 1. The van der Waals surface area contributed by atoms with Crippen LogP contribution in [0.3, 0.4) is 0 Å². The average Bonchev–Trinajstić information content (AvgIpc) is 3.40. The van der Waals surface area contributed by atoms with E-state index in [0.717, 1.165) is 30.6 Å². The first-order valence-electron chi connectivity index (χ1n) is 9.40. The minimum atomic E-state index is -0.486. The van der Waals surface area contributed by atoms with Crippen molar-refractivity contribution in [3.8, 4) is 0 Å². The van der Waals surface area contributed by atoms with Crippen LogP contribution in [0.25, 0.3) is 0 Å². The fraction of sp³-hybridized carbons (Fsp3) is 0.500. The Morgan fingerprint density at radius 2 is 2.00 bits per heavy atom. The molecule has 142 valence electrons. The van der Waals surface area contributed by atoms with Gasteiger partial charge >= 0.3 is 5.97 Å². The van der Waals surface area contributed by atoms with Crippen molar-refractivity contribution < 1.29 is 23.9 Å². The zero-order valence-corrected chi connectivity index (χ0v) is 15.0. The Kier molecular flexibility index (Phi) is 4.68. The predicted molar refractivity (Wildman–Crippen MR) is 96.1 cm³/mol. The van der Waals surface area contributed by atoms with Gasteiger partial charge in [-0.3, -0.25) is 19.2 Å². The van der Waals surface area contributed by atoms with Gasteiger partial charge in [0.2, 0.25) is 11.8 Å². The second-order valence-electron chi connectivity index (χ2n) is 7.59. The summed E-state index contributed by atoms with van der Waals surface area (Å²) in [5.41, 5.74) is 2.08. The number of rotatable bonds is 6. The van der Waals surface area contributed by atoms with Crippen LogP contribution in [-0.2, 0) is 25.5 Å². The summed E-state index contributed by atoms with van der Waals surface area (Å²) in [5.74, 6) is -0.714. The van der Waals surface area contributed by atoms with Crippen LogP contribution in [0.5, 0.6) is 0 Å². The molecule has 2 amide bonds. The van der Waals surface area contributed by atoms with Crippen LogP contribution in [0.15, 0.2) is 18.2 Å². The minimum absolute atomic E-state index is 0.00749. The van der Waals surface area contributed by atoms with Crippen molar-refractivity contribution in [2.75, 3.05) is 25.0 Å². The van der Waals surface area contributed by atoms with Gasteiger partial charge in [0.25, 0.3) is 0 Å².